The van der Waals surface area contributed by atoms with Crippen molar-refractivity contribution in [1.29, 1.82) is 0 Å². The summed E-state index contributed by atoms with van der Waals surface area (Å²) in [5.74, 6) is 0.768. The van der Waals surface area contributed by atoms with Crippen molar-refractivity contribution in [3.05, 3.63) is 39.9 Å². The second kappa shape index (κ2) is 4.45. The predicted molar refractivity (Wildman–Crippen MR) is 48.6 cm³/mol. The predicted octanol–water partition coefficient (Wildman–Crippen LogP) is 1.51. The van der Waals surface area contributed by atoms with Gasteiger partial charge in [-0.2, -0.15) is 0 Å². The summed E-state index contributed by atoms with van der Waals surface area (Å²) in [7, 11) is 1.59. The highest BCUT2D eigenvalue weighted by molar-refractivity contribution is 5.27. The molecule has 0 N–H and O–H groups in total. The molecule has 0 fully saturated rings. The highest BCUT2D eigenvalue weighted by Crippen LogP contribution is 2.11. The number of benzene rings is 1. The van der Waals surface area contributed by atoms with Crippen molar-refractivity contribution in [2.24, 2.45) is 0 Å². The van der Waals surface area contributed by atoms with Crippen LogP contribution in [0.25, 0.3) is 0 Å². The third kappa shape index (κ3) is 3.11. The first-order chi connectivity index (χ1) is 6.22. The minimum atomic E-state index is -0.315. The Kier molecular flexibility index (Phi) is 3.25. The summed E-state index contributed by atoms with van der Waals surface area (Å²) < 4.78 is 4.96. The fourth-order valence-corrected chi connectivity index (χ4v) is 1.01. The normalized spacial score (nSPS) is 9.62. The summed E-state index contributed by atoms with van der Waals surface area (Å²) in [6.45, 7) is -0.0215. The Balaban J connectivity index is 2.54. The molecule has 0 heterocycles. The lowest BCUT2D eigenvalue weighted by atomic mass is 10.1. The van der Waals surface area contributed by atoms with Crippen molar-refractivity contribution in [3.63, 3.8) is 0 Å². The number of nitro groups is 1. The summed E-state index contributed by atoms with van der Waals surface area (Å²) in [5.41, 5.74) is 0.956. The van der Waals surface area contributed by atoms with Crippen molar-refractivity contribution in [2.75, 3.05) is 13.7 Å². The maximum Gasteiger partial charge on any atom is 0.207 e. The van der Waals surface area contributed by atoms with Crippen LogP contribution in [0.15, 0.2) is 24.3 Å². The van der Waals surface area contributed by atoms with E-state index in [2.05, 4.69) is 0 Å². The van der Waals surface area contributed by atoms with E-state index in [4.69, 9.17) is 4.74 Å². The van der Waals surface area contributed by atoms with Gasteiger partial charge in [-0.3, -0.25) is 10.1 Å². The van der Waals surface area contributed by atoms with E-state index in [0.717, 1.165) is 11.3 Å². The van der Waals surface area contributed by atoms with E-state index in [1.165, 1.54) is 0 Å². The molecule has 0 radical (unpaired) electrons. The summed E-state index contributed by atoms with van der Waals surface area (Å²) in [4.78, 5) is 9.76. The minimum absolute atomic E-state index is 0.0215. The van der Waals surface area contributed by atoms with Gasteiger partial charge in [0.05, 0.1) is 7.11 Å². The highest BCUT2D eigenvalue weighted by atomic mass is 16.6. The van der Waals surface area contributed by atoms with Crippen LogP contribution in [0.3, 0.4) is 0 Å². The lowest BCUT2D eigenvalue weighted by molar-refractivity contribution is -0.479. The summed E-state index contributed by atoms with van der Waals surface area (Å²) in [6.07, 6.45) is 0.469. The summed E-state index contributed by atoms with van der Waals surface area (Å²) >= 11 is 0. The fourth-order valence-electron chi connectivity index (χ4n) is 1.01. The van der Waals surface area contributed by atoms with Gasteiger partial charge in [0.15, 0.2) is 0 Å². The Labute approximate surface area is 76.3 Å². The van der Waals surface area contributed by atoms with Gasteiger partial charge < -0.3 is 4.74 Å². The molecule has 0 bridgehead atoms. The molecule has 0 saturated heterocycles. The van der Waals surface area contributed by atoms with Crippen LogP contribution in [-0.4, -0.2) is 18.6 Å². The molecule has 70 valence electrons. The van der Waals surface area contributed by atoms with Gasteiger partial charge in [0, 0.05) is 11.3 Å². The molecule has 0 unspecified atom stereocenters. The van der Waals surface area contributed by atoms with Crippen LogP contribution in [0.2, 0.25) is 0 Å². The van der Waals surface area contributed by atoms with Crippen LogP contribution >= 0.6 is 0 Å². The molecular weight excluding hydrogens is 170 g/mol. The van der Waals surface area contributed by atoms with Gasteiger partial charge in [0.2, 0.25) is 6.54 Å². The van der Waals surface area contributed by atoms with E-state index >= 15 is 0 Å². The average molecular weight is 181 g/mol. The van der Waals surface area contributed by atoms with Crippen LogP contribution in [0, 0.1) is 10.1 Å². The molecule has 1 aromatic rings. The van der Waals surface area contributed by atoms with Crippen LogP contribution in [0.5, 0.6) is 5.75 Å². The van der Waals surface area contributed by atoms with E-state index in [9.17, 15) is 10.1 Å². The van der Waals surface area contributed by atoms with Gasteiger partial charge in [-0.1, -0.05) is 12.1 Å². The monoisotopic (exact) mass is 181 g/mol. The molecule has 0 aliphatic heterocycles. The van der Waals surface area contributed by atoms with Crippen molar-refractivity contribution >= 4 is 0 Å². The third-order valence-corrected chi connectivity index (χ3v) is 1.74. The first kappa shape index (κ1) is 9.51. The van der Waals surface area contributed by atoms with E-state index in [-0.39, 0.29) is 11.5 Å². The Bertz CT molecular complexity index is 281. The molecule has 0 atom stereocenters. The van der Waals surface area contributed by atoms with Crippen molar-refractivity contribution in [3.8, 4) is 5.75 Å². The number of ether oxygens (including phenoxy) is 1. The molecule has 4 nitrogen and oxygen atoms in total. The number of methoxy groups -OCH3 is 1. The van der Waals surface area contributed by atoms with Crippen LogP contribution in [0.4, 0.5) is 0 Å². The zero-order valence-electron chi connectivity index (χ0n) is 7.40. The zero-order chi connectivity index (χ0) is 9.68. The van der Waals surface area contributed by atoms with E-state index in [0.29, 0.717) is 6.42 Å². The smallest absolute Gasteiger partial charge is 0.207 e. The largest absolute Gasteiger partial charge is 0.497 e. The Morgan fingerprint density at radius 3 is 2.46 bits per heavy atom. The quantitative estimate of drug-likeness (QED) is 0.522. The van der Waals surface area contributed by atoms with Gasteiger partial charge in [-0.15, -0.1) is 0 Å². The standard InChI is InChI=1S/C9H11NO3/c1-13-9-4-2-8(3-5-9)6-7-10(11)12/h2-5H,6-7H2,1H3. The molecular formula is C9H11NO3. The van der Waals surface area contributed by atoms with Crippen LogP contribution in [0.1, 0.15) is 5.56 Å². The maximum absolute atomic E-state index is 10.1. The number of nitrogens with zero attached hydrogens (tertiary/aromatic N) is 1. The Morgan fingerprint density at radius 2 is 2.00 bits per heavy atom. The van der Waals surface area contributed by atoms with Gasteiger partial charge in [-0.25, -0.2) is 0 Å². The molecule has 0 aliphatic rings. The molecule has 1 aromatic carbocycles. The Hall–Kier alpha value is -1.58. The second-order valence-corrected chi connectivity index (χ2v) is 2.65. The zero-order valence-corrected chi connectivity index (χ0v) is 7.40. The van der Waals surface area contributed by atoms with Gasteiger partial charge >= 0.3 is 0 Å². The lowest BCUT2D eigenvalue weighted by Gasteiger charge is -2.00. The van der Waals surface area contributed by atoms with Crippen LogP contribution < -0.4 is 4.74 Å². The first-order valence-electron chi connectivity index (χ1n) is 3.97. The van der Waals surface area contributed by atoms with Gasteiger partial charge in [-0.05, 0) is 17.7 Å². The third-order valence-electron chi connectivity index (χ3n) is 1.74. The summed E-state index contributed by atoms with van der Waals surface area (Å²) in [6, 6.07) is 7.27. The molecule has 4 heteroatoms. The fraction of sp³-hybridized carbons (Fsp3) is 0.333. The molecule has 0 aromatic heterocycles. The highest BCUT2D eigenvalue weighted by Gasteiger charge is 1.99. The van der Waals surface area contributed by atoms with Gasteiger partial charge in [0.1, 0.15) is 5.75 Å². The maximum atomic E-state index is 10.1. The second-order valence-electron chi connectivity index (χ2n) is 2.65. The number of hydrogen-bond donors (Lipinski definition) is 0. The van der Waals surface area contributed by atoms with E-state index < -0.39 is 0 Å². The van der Waals surface area contributed by atoms with Crippen molar-refractivity contribution in [2.45, 2.75) is 6.42 Å². The average Bonchev–Trinajstić information content (AvgIpc) is 2.15. The van der Waals surface area contributed by atoms with Crippen LogP contribution in [-0.2, 0) is 6.42 Å². The minimum Gasteiger partial charge on any atom is -0.497 e. The van der Waals surface area contributed by atoms with Crippen molar-refractivity contribution in [1.82, 2.24) is 0 Å². The SMILES string of the molecule is COc1ccc(CC[N+](=O)[O-])cc1. The molecule has 0 saturated carbocycles. The van der Waals surface area contributed by atoms with E-state index in [1.54, 1.807) is 19.2 Å². The lowest BCUT2D eigenvalue weighted by Crippen LogP contribution is -2.03. The summed E-state index contributed by atoms with van der Waals surface area (Å²) in [5, 5.41) is 10.1. The Morgan fingerprint density at radius 1 is 1.38 bits per heavy atom. The van der Waals surface area contributed by atoms with Crippen molar-refractivity contribution < 1.29 is 9.66 Å². The first-order valence-corrected chi connectivity index (χ1v) is 3.97. The van der Waals surface area contributed by atoms with Gasteiger partial charge in [0.25, 0.3) is 0 Å². The molecule has 13 heavy (non-hydrogen) atoms. The molecule has 0 aliphatic carbocycles. The molecule has 0 spiro atoms. The van der Waals surface area contributed by atoms with E-state index in [1.807, 2.05) is 12.1 Å². The molecule has 0 amide bonds. The topological polar surface area (TPSA) is 52.4 Å². The molecule has 1 rings (SSSR count). The number of hydrogen-bond acceptors (Lipinski definition) is 3. The number of rotatable bonds is 4.